The molecule has 162 valence electrons. The molecule has 1 aliphatic heterocycles. The van der Waals surface area contributed by atoms with Crippen molar-refractivity contribution in [3.8, 4) is 17.1 Å². The van der Waals surface area contributed by atoms with Gasteiger partial charge in [-0.1, -0.05) is 26.3 Å². The van der Waals surface area contributed by atoms with E-state index in [1.807, 2.05) is 36.4 Å². The van der Waals surface area contributed by atoms with Crippen LogP contribution >= 0.6 is 0 Å². The van der Waals surface area contributed by atoms with Crippen LogP contribution in [0.2, 0.25) is 0 Å². The lowest BCUT2D eigenvalue weighted by Gasteiger charge is -2.12. The zero-order valence-corrected chi connectivity index (χ0v) is 18.5. The SMILES string of the molecule is Cc1cc(OCC(=O)Nc2ccc(-c3nnc4n3CCCCC4)cc2)ccc1C(C)C. The minimum atomic E-state index is -0.185. The van der Waals surface area contributed by atoms with E-state index in [9.17, 15) is 4.79 Å². The number of amides is 1. The van der Waals surface area contributed by atoms with Gasteiger partial charge in [-0.15, -0.1) is 10.2 Å². The quantitative estimate of drug-likeness (QED) is 0.603. The molecule has 0 spiro atoms. The monoisotopic (exact) mass is 418 g/mol. The summed E-state index contributed by atoms with van der Waals surface area (Å²) < 4.78 is 7.90. The number of aryl methyl sites for hydroxylation is 2. The van der Waals surface area contributed by atoms with Gasteiger partial charge in [-0.2, -0.15) is 0 Å². The molecule has 0 atom stereocenters. The second-order valence-electron chi connectivity index (χ2n) is 8.49. The number of carbonyl (C=O) groups excluding carboxylic acids is 1. The summed E-state index contributed by atoms with van der Waals surface area (Å²) in [5, 5.41) is 11.7. The molecule has 0 radical (unpaired) electrons. The second kappa shape index (κ2) is 9.33. The van der Waals surface area contributed by atoms with Crippen molar-refractivity contribution in [3.63, 3.8) is 0 Å². The van der Waals surface area contributed by atoms with Crippen LogP contribution in [0, 0.1) is 6.92 Å². The van der Waals surface area contributed by atoms with Crippen LogP contribution in [0.3, 0.4) is 0 Å². The Hall–Kier alpha value is -3.15. The topological polar surface area (TPSA) is 69.0 Å². The zero-order chi connectivity index (χ0) is 21.8. The van der Waals surface area contributed by atoms with Crippen LogP contribution < -0.4 is 10.1 Å². The number of rotatable bonds is 6. The van der Waals surface area contributed by atoms with Crippen molar-refractivity contribution in [3.05, 3.63) is 59.4 Å². The molecule has 0 saturated heterocycles. The average molecular weight is 419 g/mol. The summed E-state index contributed by atoms with van der Waals surface area (Å²) in [6.07, 6.45) is 4.55. The highest BCUT2D eigenvalue weighted by atomic mass is 16.5. The van der Waals surface area contributed by atoms with Crippen LogP contribution in [0.25, 0.3) is 11.4 Å². The first kappa shape index (κ1) is 21.1. The second-order valence-corrected chi connectivity index (χ2v) is 8.49. The maximum atomic E-state index is 12.3. The molecule has 1 N–H and O–H groups in total. The van der Waals surface area contributed by atoms with E-state index in [1.165, 1.54) is 24.0 Å². The smallest absolute Gasteiger partial charge is 0.262 e. The lowest BCUT2D eigenvalue weighted by molar-refractivity contribution is -0.118. The Balaban J connectivity index is 1.35. The fraction of sp³-hybridized carbons (Fsp3) is 0.400. The van der Waals surface area contributed by atoms with E-state index in [-0.39, 0.29) is 12.5 Å². The molecule has 0 bridgehead atoms. The first-order chi connectivity index (χ1) is 15.0. The first-order valence-electron chi connectivity index (χ1n) is 11.1. The molecule has 0 fully saturated rings. The molecular weight excluding hydrogens is 388 g/mol. The molecule has 6 heteroatoms. The molecule has 0 saturated carbocycles. The predicted molar refractivity (Wildman–Crippen MR) is 122 cm³/mol. The van der Waals surface area contributed by atoms with Gasteiger partial charge in [0.05, 0.1) is 0 Å². The van der Waals surface area contributed by atoms with Crippen molar-refractivity contribution in [2.75, 3.05) is 11.9 Å². The first-order valence-corrected chi connectivity index (χ1v) is 11.1. The lowest BCUT2D eigenvalue weighted by Crippen LogP contribution is -2.20. The number of ether oxygens (including phenoxy) is 1. The van der Waals surface area contributed by atoms with E-state index in [2.05, 4.69) is 46.9 Å². The van der Waals surface area contributed by atoms with Gasteiger partial charge < -0.3 is 14.6 Å². The summed E-state index contributed by atoms with van der Waals surface area (Å²) in [5.41, 5.74) is 4.21. The van der Waals surface area contributed by atoms with Gasteiger partial charge in [0.25, 0.3) is 5.91 Å². The van der Waals surface area contributed by atoms with Gasteiger partial charge in [-0.05, 0) is 73.2 Å². The number of aromatic nitrogens is 3. The number of carbonyl (C=O) groups is 1. The summed E-state index contributed by atoms with van der Waals surface area (Å²) in [4.78, 5) is 12.3. The number of hydrogen-bond donors (Lipinski definition) is 1. The van der Waals surface area contributed by atoms with Gasteiger partial charge in [0.15, 0.2) is 12.4 Å². The Morgan fingerprint density at radius 3 is 2.65 bits per heavy atom. The molecule has 1 amide bonds. The van der Waals surface area contributed by atoms with E-state index in [0.717, 1.165) is 42.3 Å². The number of benzene rings is 2. The van der Waals surface area contributed by atoms with Crippen molar-refractivity contribution < 1.29 is 9.53 Å². The van der Waals surface area contributed by atoms with E-state index >= 15 is 0 Å². The van der Waals surface area contributed by atoms with Crippen LogP contribution in [-0.4, -0.2) is 27.3 Å². The van der Waals surface area contributed by atoms with E-state index in [0.29, 0.717) is 11.7 Å². The Morgan fingerprint density at radius 1 is 1.10 bits per heavy atom. The van der Waals surface area contributed by atoms with Gasteiger partial charge >= 0.3 is 0 Å². The molecule has 3 aromatic rings. The Bertz CT molecular complexity index is 1050. The Morgan fingerprint density at radius 2 is 1.90 bits per heavy atom. The zero-order valence-electron chi connectivity index (χ0n) is 18.5. The summed E-state index contributed by atoms with van der Waals surface area (Å²) in [6.45, 7) is 7.34. The molecule has 0 unspecified atom stereocenters. The van der Waals surface area contributed by atoms with Crippen LogP contribution in [-0.2, 0) is 17.8 Å². The van der Waals surface area contributed by atoms with Crippen LogP contribution in [0.15, 0.2) is 42.5 Å². The van der Waals surface area contributed by atoms with Crippen molar-refractivity contribution in [2.24, 2.45) is 0 Å². The average Bonchev–Trinajstić information content (AvgIpc) is 3.00. The highest BCUT2D eigenvalue weighted by Gasteiger charge is 2.16. The Kier molecular flexibility index (Phi) is 6.35. The summed E-state index contributed by atoms with van der Waals surface area (Å²) in [6, 6.07) is 13.7. The largest absolute Gasteiger partial charge is 0.484 e. The number of nitrogens with zero attached hydrogens (tertiary/aromatic N) is 3. The normalized spacial score (nSPS) is 13.5. The maximum absolute atomic E-state index is 12.3. The molecular formula is C25H30N4O2. The van der Waals surface area contributed by atoms with Gasteiger partial charge in [0.2, 0.25) is 0 Å². The van der Waals surface area contributed by atoms with E-state index < -0.39 is 0 Å². The summed E-state index contributed by atoms with van der Waals surface area (Å²) >= 11 is 0. The fourth-order valence-corrected chi connectivity index (χ4v) is 4.13. The highest BCUT2D eigenvalue weighted by molar-refractivity contribution is 5.92. The van der Waals surface area contributed by atoms with E-state index in [1.54, 1.807) is 0 Å². The molecule has 2 aromatic carbocycles. The summed E-state index contributed by atoms with van der Waals surface area (Å²) in [5.74, 6) is 2.96. The molecule has 4 rings (SSSR count). The third-order valence-electron chi connectivity index (χ3n) is 5.77. The molecule has 1 aliphatic rings. The minimum Gasteiger partial charge on any atom is -0.484 e. The summed E-state index contributed by atoms with van der Waals surface area (Å²) in [7, 11) is 0. The van der Waals surface area contributed by atoms with Gasteiger partial charge in [0, 0.05) is 24.2 Å². The fourth-order valence-electron chi connectivity index (χ4n) is 4.13. The van der Waals surface area contributed by atoms with Crippen molar-refractivity contribution in [2.45, 2.75) is 58.9 Å². The number of fused-ring (bicyclic) bond motifs is 1. The van der Waals surface area contributed by atoms with Gasteiger partial charge in [-0.25, -0.2) is 0 Å². The van der Waals surface area contributed by atoms with Crippen molar-refractivity contribution in [1.29, 1.82) is 0 Å². The third-order valence-corrected chi connectivity index (χ3v) is 5.77. The van der Waals surface area contributed by atoms with Crippen LogP contribution in [0.4, 0.5) is 5.69 Å². The molecule has 0 aliphatic carbocycles. The third kappa shape index (κ3) is 4.95. The predicted octanol–water partition coefficient (Wildman–Crippen LogP) is 5.12. The number of nitrogens with one attached hydrogen (secondary N) is 1. The van der Waals surface area contributed by atoms with Crippen molar-refractivity contribution >= 4 is 11.6 Å². The van der Waals surface area contributed by atoms with Crippen molar-refractivity contribution in [1.82, 2.24) is 14.8 Å². The maximum Gasteiger partial charge on any atom is 0.262 e. The standard InChI is InChI=1S/C25H30N4O2/c1-17(2)22-13-12-21(15-18(22)3)31-16-24(30)26-20-10-8-19(9-11-20)25-28-27-23-7-5-4-6-14-29(23)25/h8-13,15,17H,4-7,14,16H2,1-3H3,(H,26,30). The van der Waals surface area contributed by atoms with Crippen LogP contribution in [0.5, 0.6) is 5.75 Å². The molecule has 6 nitrogen and oxygen atoms in total. The van der Waals surface area contributed by atoms with Gasteiger partial charge in [0.1, 0.15) is 11.6 Å². The number of anilines is 1. The molecule has 1 aromatic heterocycles. The highest BCUT2D eigenvalue weighted by Crippen LogP contribution is 2.25. The van der Waals surface area contributed by atoms with Crippen LogP contribution in [0.1, 0.15) is 56.0 Å². The van der Waals surface area contributed by atoms with E-state index in [4.69, 9.17) is 4.74 Å². The molecule has 2 heterocycles. The van der Waals surface area contributed by atoms with Gasteiger partial charge in [-0.3, -0.25) is 4.79 Å². The minimum absolute atomic E-state index is 0.0279. The lowest BCUT2D eigenvalue weighted by atomic mass is 9.98. The molecule has 31 heavy (non-hydrogen) atoms. The Labute approximate surface area is 183 Å². The number of hydrogen-bond acceptors (Lipinski definition) is 4.